The number of hydrazone groups is 1. The van der Waals surface area contributed by atoms with E-state index in [4.69, 9.17) is 9.47 Å². The molecule has 164 valence electrons. The van der Waals surface area contributed by atoms with E-state index in [0.29, 0.717) is 29.6 Å². The van der Waals surface area contributed by atoms with E-state index in [2.05, 4.69) is 40.8 Å². The molecule has 1 heterocycles. The second-order valence-corrected chi connectivity index (χ2v) is 7.75. The standard InChI is InChI=1S/C24H30N4O3/c1-6-28-17(4)26-20-14-19(8-9-21(20)28)24(29)27-25-15-18-7-10-22(23(13-18)30-5)31-12-11-16(2)3/h7-10,13-16H,6,11-12H2,1-5H3,(H,27,29)/b25-15-. The lowest BCUT2D eigenvalue weighted by Crippen LogP contribution is -2.17. The van der Waals surface area contributed by atoms with Gasteiger partial charge in [0.05, 0.1) is 31.0 Å². The molecule has 7 heteroatoms. The minimum atomic E-state index is -0.289. The fourth-order valence-corrected chi connectivity index (χ4v) is 3.31. The van der Waals surface area contributed by atoms with Gasteiger partial charge in [0.1, 0.15) is 5.82 Å². The van der Waals surface area contributed by atoms with Gasteiger partial charge in [-0.3, -0.25) is 4.79 Å². The van der Waals surface area contributed by atoms with Crippen molar-refractivity contribution >= 4 is 23.2 Å². The van der Waals surface area contributed by atoms with E-state index in [-0.39, 0.29) is 5.91 Å². The molecule has 0 aliphatic heterocycles. The SMILES string of the molecule is CCn1c(C)nc2cc(C(=O)N/N=C\c3ccc(OCCC(C)C)c(OC)c3)ccc21. The van der Waals surface area contributed by atoms with Crippen LogP contribution in [0.4, 0.5) is 0 Å². The Kier molecular flexibility index (Phi) is 7.28. The van der Waals surface area contributed by atoms with Crippen molar-refractivity contribution in [1.29, 1.82) is 0 Å². The fraction of sp³-hybridized carbons (Fsp3) is 0.375. The summed E-state index contributed by atoms with van der Waals surface area (Å²) in [5.41, 5.74) is 5.69. The number of amides is 1. The molecule has 3 aromatic rings. The van der Waals surface area contributed by atoms with Gasteiger partial charge in [0.2, 0.25) is 0 Å². The Morgan fingerprint density at radius 1 is 1.23 bits per heavy atom. The minimum absolute atomic E-state index is 0.289. The zero-order chi connectivity index (χ0) is 22.4. The van der Waals surface area contributed by atoms with Crippen molar-refractivity contribution in [3.05, 3.63) is 53.3 Å². The van der Waals surface area contributed by atoms with Gasteiger partial charge in [0.25, 0.3) is 5.91 Å². The topological polar surface area (TPSA) is 77.7 Å². The van der Waals surface area contributed by atoms with Crippen LogP contribution in [0.15, 0.2) is 41.5 Å². The van der Waals surface area contributed by atoms with Crippen LogP contribution in [0.2, 0.25) is 0 Å². The third-order valence-corrected chi connectivity index (χ3v) is 5.04. The summed E-state index contributed by atoms with van der Waals surface area (Å²) in [5, 5.41) is 4.08. The van der Waals surface area contributed by atoms with Gasteiger partial charge in [-0.05, 0) is 68.1 Å². The lowest BCUT2D eigenvalue weighted by Gasteiger charge is -2.12. The molecule has 0 fully saturated rings. The monoisotopic (exact) mass is 422 g/mol. The summed E-state index contributed by atoms with van der Waals surface area (Å²) in [5.74, 6) is 2.54. The first-order valence-corrected chi connectivity index (χ1v) is 10.5. The summed E-state index contributed by atoms with van der Waals surface area (Å²) in [6.07, 6.45) is 2.55. The second-order valence-electron chi connectivity index (χ2n) is 7.75. The maximum atomic E-state index is 12.5. The van der Waals surface area contributed by atoms with Crippen LogP contribution in [-0.4, -0.2) is 35.4 Å². The van der Waals surface area contributed by atoms with Crippen LogP contribution < -0.4 is 14.9 Å². The van der Waals surface area contributed by atoms with Crippen LogP contribution in [0.1, 0.15) is 48.9 Å². The summed E-state index contributed by atoms with van der Waals surface area (Å²) >= 11 is 0. The number of ether oxygens (including phenoxy) is 2. The van der Waals surface area contributed by atoms with Gasteiger partial charge in [-0.25, -0.2) is 10.4 Å². The van der Waals surface area contributed by atoms with Crippen molar-refractivity contribution in [2.24, 2.45) is 11.0 Å². The van der Waals surface area contributed by atoms with E-state index in [1.165, 1.54) is 0 Å². The van der Waals surface area contributed by atoms with Crippen LogP contribution in [0, 0.1) is 12.8 Å². The highest BCUT2D eigenvalue weighted by molar-refractivity contribution is 5.98. The number of carbonyl (C=O) groups excluding carboxylic acids is 1. The number of benzene rings is 2. The minimum Gasteiger partial charge on any atom is -0.493 e. The number of fused-ring (bicyclic) bond motifs is 1. The average Bonchev–Trinajstić information content (AvgIpc) is 3.08. The van der Waals surface area contributed by atoms with Gasteiger partial charge in [-0.15, -0.1) is 0 Å². The van der Waals surface area contributed by atoms with Crippen LogP contribution in [0.3, 0.4) is 0 Å². The predicted octanol–water partition coefficient (Wildman–Crippen LogP) is 4.56. The second kappa shape index (κ2) is 10.1. The van der Waals surface area contributed by atoms with Crippen molar-refractivity contribution in [3.8, 4) is 11.5 Å². The zero-order valence-corrected chi connectivity index (χ0v) is 18.8. The molecule has 1 aromatic heterocycles. The summed E-state index contributed by atoms with van der Waals surface area (Å²) in [6.45, 7) is 9.82. The molecule has 0 saturated carbocycles. The predicted molar refractivity (Wildman–Crippen MR) is 123 cm³/mol. The van der Waals surface area contributed by atoms with Crippen LogP contribution in [0.25, 0.3) is 11.0 Å². The van der Waals surface area contributed by atoms with E-state index in [1.54, 1.807) is 25.5 Å². The first-order valence-electron chi connectivity index (χ1n) is 10.5. The van der Waals surface area contributed by atoms with Gasteiger partial charge in [0, 0.05) is 12.1 Å². The molecule has 0 aliphatic carbocycles. The molecule has 0 bridgehead atoms. The third-order valence-electron chi connectivity index (χ3n) is 5.04. The van der Waals surface area contributed by atoms with Gasteiger partial charge in [0.15, 0.2) is 11.5 Å². The summed E-state index contributed by atoms with van der Waals surface area (Å²) < 4.78 is 13.3. The number of hydrogen-bond acceptors (Lipinski definition) is 5. The highest BCUT2D eigenvalue weighted by atomic mass is 16.5. The first-order chi connectivity index (χ1) is 14.9. The van der Waals surface area contributed by atoms with Crippen molar-refractivity contribution in [2.75, 3.05) is 13.7 Å². The van der Waals surface area contributed by atoms with E-state index in [1.807, 2.05) is 31.2 Å². The van der Waals surface area contributed by atoms with Crippen molar-refractivity contribution in [3.63, 3.8) is 0 Å². The van der Waals surface area contributed by atoms with Crippen molar-refractivity contribution in [2.45, 2.75) is 40.7 Å². The molecule has 0 saturated heterocycles. The number of carbonyl (C=O) groups is 1. The maximum absolute atomic E-state index is 12.5. The van der Waals surface area contributed by atoms with Gasteiger partial charge in [-0.2, -0.15) is 5.10 Å². The molecule has 1 amide bonds. The van der Waals surface area contributed by atoms with Crippen molar-refractivity contribution in [1.82, 2.24) is 15.0 Å². The number of aryl methyl sites for hydroxylation is 2. The molecular formula is C24H30N4O3. The van der Waals surface area contributed by atoms with Crippen molar-refractivity contribution < 1.29 is 14.3 Å². The maximum Gasteiger partial charge on any atom is 0.271 e. The Hall–Kier alpha value is -3.35. The highest BCUT2D eigenvalue weighted by Gasteiger charge is 2.11. The molecule has 2 aromatic carbocycles. The third kappa shape index (κ3) is 5.42. The molecular weight excluding hydrogens is 392 g/mol. The van der Waals surface area contributed by atoms with E-state index in [0.717, 1.165) is 35.4 Å². The van der Waals surface area contributed by atoms with E-state index >= 15 is 0 Å². The molecule has 7 nitrogen and oxygen atoms in total. The number of nitrogens with zero attached hydrogens (tertiary/aromatic N) is 3. The van der Waals surface area contributed by atoms with Crippen LogP contribution in [0.5, 0.6) is 11.5 Å². The molecule has 3 rings (SSSR count). The van der Waals surface area contributed by atoms with E-state index < -0.39 is 0 Å². The Morgan fingerprint density at radius 2 is 2.03 bits per heavy atom. The number of hydrogen-bond donors (Lipinski definition) is 1. The summed E-state index contributed by atoms with van der Waals surface area (Å²) in [4.78, 5) is 17.0. The molecule has 1 N–H and O–H groups in total. The van der Waals surface area contributed by atoms with E-state index in [9.17, 15) is 4.79 Å². The number of imidazole rings is 1. The Balaban J connectivity index is 1.65. The average molecular weight is 423 g/mol. The quantitative estimate of drug-likeness (QED) is 0.405. The number of aromatic nitrogens is 2. The lowest BCUT2D eigenvalue weighted by molar-refractivity contribution is 0.0955. The molecule has 0 aliphatic rings. The Morgan fingerprint density at radius 3 is 2.74 bits per heavy atom. The van der Waals surface area contributed by atoms with Crippen LogP contribution in [-0.2, 0) is 6.54 Å². The van der Waals surface area contributed by atoms with Gasteiger partial charge >= 0.3 is 0 Å². The smallest absolute Gasteiger partial charge is 0.271 e. The lowest BCUT2D eigenvalue weighted by atomic mass is 10.1. The number of methoxy groups -OCH3 is 1. The summed E-state index contributed by atoms with van der Waals surface area (Å²) in [6, 6.07) is 11.0. The highest BCUT2D eigenvalue weighted by Crippen LogP contribution is 2.28. The van der Waals surface area contributed by atoms with Gasteiger partial charge < -0.3 is 14.0 Å². The number of rotatable bonds is 9. The zero-order valence-electron chi connectivity index (χ0n) is 18.8. The Labute approximate surface area is 183 Å². The molecule has 0 radical (unpaired) electrons. The largest absolute Gasteiger partial charge is 0.493 e. The molecule has 0 unspecified atom stereocenters. The first kappa shape index (κ1) is 22.3. The van der Waals surface area contributed by atoms with Gasteiger partial charge in [-0.1, -0.05) is 13.8 Å². The fourth-order valence-electron chi connectivity index (χ4n) is 3.31. The number of nitrogens with one attached hydrogen (secondary N) is 1. The van der Waals surface area contributed by atoms with Crippen LogP contribution >= 0.6 is 0 Å². The summed E-state index contributed by atoms with van der Waals surface area (Å²) in [7, 11) is 1.60. The molecule has 31 heavy (non-hydrogen) atoms. The molecule has 0 atom stereocenters. The molecule has 0 spiro atoms. The Bertz CT molecular complexity index is 1090. The normalized spacial score (nSPS) is 11.4.